The summed E-state index contributed by atoms with van der Waals surface area (Å²) >= 11 is 0. The van der Waals surface area contributed by atoms with E-state index in [-0.39, 0.29) is 11.2 Å². The van der Waals surface area contributed by atoms with Crippen LogP contribution in [0.5, 0.6) is 17.2 Å². The number of benzene rings is 2. The molecule has 0 radical (unpaired) electrons. The van der Waals surface area contributed by atoms with E-state index in [1.807, 2.05) is 25.1 Å². The van der Waals surface area contributed by atoms with Crippen molar-refractivity contribution in [2.75, 3.05) is 6.61 Å². The largest absolute Gasteiger partial charge is 0.493 e. The van der Waals surface area contributed by atoms with Crippen molar-refractivity contribution in [2.24, 2.45) is 0 Å². The number of para-hydroxylation sites is 1. The Morgan fingerprint density at radius 3 is 2.64 bits per heavy atom. The first-order chi connectivity index (χ1) is 10.8. The highest BCUT2D eigenvalue weighted by molar-refractivity contribution is 5.79. The molecule has 22 heavy (non-hydrogen) atoms. The first kappa shape index (κ1) is 14.2. The van der Waals surface area contributed by atoms with Gasteiger partial charge in [-0.3, -0.25) is 4.79 Å². The van der Waals surface area contributed by atoms with Gasteiger partial charge in [0.25, 0.3) is 0 Å². The van der Waals surface area contributed by atoms with Crippen molar-refractivity contribution in [3.05, 3.63) is 65.0 Å². The zero-order valence-corrected chi connectivity index (χ0v) is 12.2. The topological polar surface area (TPSA) is 48.7 Å². The summed E-state index contributed by atoms with van der Waals surface area (Å²) in [5.41, 5.74) is 0.283. The summed E-state index contributed by atoms with van der Waals surface area (Å²) in [7, 11) is 0. The molecule has 0 bridgehead atoms. The highest BCUT2D eigenvalue weighted by Gasteiger charge is 2.10. The molecule has 4 heteroatoms. The van der Waals surface area contributed by atoms with Gasteiger partial charge in [0.15, 0.2) is 0 Å². The van der Waals surface area contributed by atoms with Crippen LogP contribution in [0.4, 0.5) is 0 Å². The minimum Gasteiger partial charge on any atom is -0.493 e. The van der Waals surface area contributed by atoms with Gasteiger partial charge in [0.1, 0.15) is 23.3 Å². The summed E-state index contributed by atoms with van der Waals surface area (Å²) in [6.07, 6.45) is 2.26. The van der Waals surface area contributed by atoms with Crippen molar-refractivity contribution < 1.29 is 13.9 Å². The number of ether oxygens (including phenoxy) is 2. The molecule has 2 aromatic carbocycles. The van der Waals surface area contributed by atoms with E-state index in [1.165, 1.54) is 6.26 Å². The van der Waals surface area contributed by atoms with Gasteiger partial charge in [-0.2, -0.15) is 0 Å². The molecule has 4 nitrogen and oxygen atoms in total. The van der Waals surface area contributed by atoms with Crippen LogP contribution in [0.15, 0.2) is 64.0 Å². The van der Waals surface area contributed by atoms with E-state index < -0.39 is 0 Å². The fourth-order valence-corrected chi connectivity index (χ4v) is 2.09. The van der Waals surface area contributed by atoms with Gasteiger partial charge in [0.05, 0.1) is 12.0 Å². The number of hydrogen-bond donors (Lipinski definition) is 0. The Bertz CT molecular complexity index is 821. The third-order valence-electron chi connectivity index (χ3n) is 3.16. The third kappa shape index (κ3) is 2.96. The van der Waals surface area contributed by atoms with Crippen LogP contribution < -0.4 is 14.9 Å². The second-order valence-electron chi connectivity index (χ2n) is 4.85. The van der Waals surface area contributed by atoms with Gasteiger partial charge in [-0.25, -0.2) is 0 Å². The first-order valence-corrected chi connectivity index (χ1v) is 7.19. The van der Waals surface area contributed by atoms with E-state index in [1.54, 1.807) is 30.3 Å². The lowest BCUT2D eigenvalue weighted by atomic mass is 10.2. The van der Waals surface area contributed by atoms with Gasteiger partial charge < -0.3 is 13.9 Å². The average molecular weight is 296 g/mol. The molecule has 0 saturated heterocycles. The number of fused-ring (bicyclic) bond motifs is 1. The Hall–Kier alpha value is -2.75. The molecule has 1 aromatic heterocycles. The molecule has 0 saturated carbocycles. The molecule has 0 aliphatic heterocycles. The molecular formula is C18H16O4. The second-order valence-corrected chi connectivity index (χ2v) is 4.85. The van der Waals surface area contributed by atoms with E-state index >= 15 is 0 Å². The van der Waals surface area contributed by atoms with Crippen molar-refractivity contribution in [2.45, 2.75) is 13.3 Å². The number of rotatable bonds is 5. The molecule has 0 fully saturated rings. The van der Waals surface area contributed by atoms with E-state index in [9.17, 15) is 4.79 Å². The van der Waals surface area contributed by atoms with E-state index in [4.69, 9.17) is 13.9 Å². The molecular weight excluding hydrogens is 280 g/mol. The predicted molar refractivity (Wildman–Crippen MR) is 84.8 cm³/mol. The summed E-state index contributed by atoms with van der Waals surface area (Å²) < 4.78 is 16.6. The lowest BCUT2D eigenvalue weighted by Gasteiger charge is -2.07. The van der Waals surface area contributed by atoms with Crippen LogP contribution in [0.2, 0.25) is 0 Å². The summed E-state index contributed by atoms with van der Waals surface area (Å²) in [6, 6.07) is 14.3. The van der Waals surface area contributed by atoms with Gasteiger partial charge in [-0.15, -0.1) is 0 Å². The SMILES string of the molecule is CCCOc1ccc2c(=O)c(Oc3ccccc3)coc2c1. The van der Waals surface area contributed by atoms with Crippen LogP contribution in [0.3, 0.4) is 0 Å². The predicted octanol–water partition coefficient (Wildman–Crippen LogP) is 4.37. The normalized spacial score (nSPS) is 10.6. The molecule has 3 aromatic rings. The molecule has 0 N–H and O–H groups in total. The molecule has 0 unspecified atom stereocenters. The Morgan fingerprint density at radius 2 is 1.86 bits per heavy atom. The fourth-order valence-electron chi connectivity index (χ4n) is 2.09. The van der Waals surface area contributed by atoms with Crippen molar-refractivity contribution in [1.29, 1.82) is 0 Å². The monoisotopic (exact) mass is 296 g/mol. The molecule has 0 aliphatic rings. The summed E-state index contributed by atoms with van der Waals surface area (Å²) in [6.45, 7) is 2.67. The van der Waals surface area contributed by atoms with Crippen LogP contribution in [-0.4, -0.2) is 6.61 Å². The summed E-state index contributed by atoms with van der Waals surface area (Å²) in [4.78, 5) is 12.4. The first-order valence-electron chi connectivity index (χ1n) is 7.19. The molecule has 1 heterocycles. The maximum atomic E-state index is 12.4. The standard InChI is InChI=1S/C18H16O4/c1-2-10-20-14-8-9-15-16(11-14)21-12-17(18(15)19)22-13-6-4-3-5-7-13/h3-9,11-12H,2,10H2,1H3. The van der Waals surface area contributed by atoms with Crippen molar-refractivity contribution in [3.63, 3.8) is 0 Å². The minimum absolute atomic E-state index is 0.168. The van der Waals surface area contributed by atoms with E-state index in [0.717, 1.165) is 6.42 Å². The molecule has 3 rings (SSSR count). The van der Waals surface area contributed by atoms with Crippen molar-refractivity contribution in [3.8, 4) is 17.2 Å². The quantitative estimate of drug-likeness (QED) is 0.701. The van der Waals surface area contributed by atoms with Crippen LogP contribution in [0, 0.1) is 0 Å². The Balaban J connectivity index is 1.94. The summed E-state index contributed by atoms with van der Waals surface area (Å²) in [5.74, 6) is 1.45. The van der Waals surface area contributed by atoms with Crippen LogP contribution in [0.1, 0.15) is 13.3 Å². The maximum Gasteiger partial charge on any atom is 0.235 e. The third-order valence-corrected chi connectivity index (χ3v) is 3.16. The molecule has 0 amide bonds. The van der Waals surface area contributed by atoms with E-state index in [2.05, 4.69) is 0 Å². The lowest BCUT2D eigenvalue weighted by molar-refractivity contribution is 0.317. The molecule has 0 spiro atoms. The zero-order valence-electron chi connectivity index (χ0n) is 12.2. The second kappa shape index (κ2) is 6.35. The Labute approximate surface area is 127 Å². The highest BCUT2D eigenvalue weighted by Crippen LogP contribution is 2.23. The lowest BCUT2D eigenvalue weighted by Crippen LogP contribution is -2.05. The smallest absolute Gasteiger partial charge is 0.235 e. The average Bonchev–Trinajstić information content (AvgIpc) is 2.56. The van der Waals surface area contributed by atoms with Crippen LogP contribution in [0.25, 0.3) is 11.0 Å². The highest BCUT2D eigenvalue weighted by atomic mass is 16.5. The summed E-state index contributed by atoms with van der Waals surface area (Å²) in [5, 5.41) is 0.470. The molecule has 0 atom stereocenters. The molecule has 0 aliphatic carbocycles. The van der Waals surface area contributed by atoms with Gasteiger partial charge in [0.2, 0.25) is 11.2 Å². The van der Waals surface area contributed by atoms with Crippen LogP contribution >= 0.6 is 0 Å². The van der Waals surface area contributed by atoms with Gasteiger partial charge in [-0.05, 0) is 30.7 Å². The van der Waals surface area contributed by atoms with Gasteiger partial charge >= 0.3 is 0 Å². The zero-order chi connectivity index (χ0) is 15.4. The molecule has 112 valence electrons. The van der Waals surface area contributed by atoms with Crippen molar-refractivity contribution in [1.82, 2.24) is 0 Å². The number of hydrogen-bond acceptors (Lipinski definition) is 4. The minimum atomic E-state index is -0.202. The van der Waals surface area contributed by atoms with Gasteiger partial charge in [0, 0.05) is 6.07 Å². The van der Waals surface area contributed by atoms with Gasteiger partial charge in [-0.1, -0.05) is 25.1 Å². The Kier molecular flexibility index (Phi) is 4.10. The fraction of sp³-hybridized carbons (Fsp3) is 0.167. The van der Waals surface area contributed by atoms with Crippen molar-refractivity contribution >= 4 is 11.0 Å². The van der Waals surface area contributed by atoms with E-state index in [0.29, 0.717) is 29.1 Å². The van der Waals surface area contributed by atoms with Crippen LogP contribution in [-0.2, 0) is 0 Å². The Morgan fingerprint density at radius 1 is 1.05 bits per heavy atom. The maximum absolute atomic E-state index is 12.4.